The topological polar surface area (TPSA) is 71.4 Å². The number of H-pyrrole nitrogens is 1. The van der Waals surface area contributed by atoms with Gasteiger partial charge in [-0.1, -0.05) is 12.1 Å². The highest BCUT2D eigenvalue weighted by Gasteiger charge is 2.27. The van der Waals surface area contributed by atoms with Gasteiger partial charge in [-0.3, -0.25) is 4.79 Å². The first kappa shape index (κ1) is 23.3. The molecule has 0 spiro atoms. The number of hydrogen-bond acceptors (Lipinski definition) is 4. The second-order valence-electron chi connectivity index (χ2n) is 9.57. The molecule has 1 amide bonds. The van der Waals surface area contributed by atoms with E-state index in [-0.39, 0.29) is 17.6 Å². The molecule has 0 atom stereocenters. The third-order valence-electron chi connectivity index (χ3n) is 7.34. The number of oxazole rings is 1. The van der Waals surface area contributed by atoms with Gasteiger partial charge in [0.15, 0.2) is 11.5 Å². The number of fused-ring (bicyclic) bond motifs is 2. The third-order valence-corrected chi connectivity index (χ3v) is 7.34. The number of nitrogens with zero attached hydrogens (tertiary/aromatic N) is 2. The number of aromatic amines is 1. The van der Waals surface area contributed by atoms with E-state index in [1.807, 2.05) is 53.4 Å². The van der Waals surface area contributed by atoms with E-state index >= 15 is 0 Å². The third kappa shape index (κ3) is 4.57. The van der Waals surface area contributed by atoms with Crippen LogP contribution >= 0.6 is 0 Å². The Morgan fingerprint density at radius 2 is 1.89 bits per heavy atom. The first-order valence-electron chi connectivity index (χ1n) is 12.7. The minimum Gasteiger partial charge on any atom is -0.497 e. The summed E-state index contributed by atoms with van der Waals surface area (Å²) in [6, 6.07) is 20.3. The molecule has 2 aromatic heterocycles. The summed E-state index contributed by atoms with van der Waals surface area (Å²) in [5.74, 6) is 1.57. The fourth-order valence-corrected chi connectivity index (χ4v) is 5.31. The number of benzene rings is 3. The lowest BCUT2D eigenvalue weighted by atomic mass is 9.96. The average molecular weight is 498 g/mol. The van der Waals surface area contributed by atoms with Crippen LogP contribution in [0.1, 0.15) is 36.6 Å². The Morgan fingerprint density at radius 1 is 1.11 bits per heavy atom. The quantitative estimate of drug-likeness (QED) is 0.292. The number of para-hydroxylation sites is 2. The molecule has 0 aliphatic carbocycles. The summed E-state index contributed by atoms with van der Waals surface area (Å²) in [5.41, 5.74) is 5.37. The SMILES string of the molecule is COc1ccc(-c2[nH]c3ccc(F)cc3c2CCC(=O)N2CCC(c3nc4ccccc4o3)CC2)cc1. The highest BCUT2D eigenvalue weighted by Crippen LogP contribution is 2.34. The molecule has 1 N–H and O–H groups in total. The van der Waals surface area contributed by atoms with Crippen LogP contribution in [0.25, 0.3) is 33.3 Å². The van der Waals surface area contributed by atoms with Gasteiger partial charge in [0.05, 0.1) is 7.11 Å². The smallest absolute Gasteiger partial charge is 0.222 e. The van der Waals surface area contributed by atoms with Crippen LogP contribution in [0.3, 0.4) is 0 Å². The highest BCUT2D eigenvalue weighted by atomic mass is 19.1. The van der Waals surface area contributed by atoms with Crippen molar-refractivity contribution < 1.29 is 18.3 Å². The molecule has 6 rings (SSSR count). The molecule has 37 heavy (non-hydrogen) atoms. The molecule has 0 radical (unpaired) electrons. The van der Waals surface area contributed by atoms with E-state index in [9.17, 15) is 9.18 Å². The van der Waals surface area contributed by atoms with Crippen LogP contribution in [0.4, 0.5) is 4.39 Å². The summed E-state index contributed by atoms with van der Waals surface area (Å²) >= 11 is 0. The number of rotatable bonds is 6. The predicted octanol–water partition coefficient (Wildman–Crippen LogP) is 6.46. The average Bonchev–Trinajstić information content (AvgIpc) is 3.53. The van der Waals surface area contributed by atoms with Crippen molar-refractivity contribution in [3.8, 4) is 17.0 Å². The van der Waals surface area contributed by atoms with Crippen LogP contribution in [0.15, 0.2) is 71.1 Å². The van der Waals surface area contributed by atoms with E-state index in [4.69, 9.17) is 9.15 Å². The number of ether oxygens (including phenoxy) is 1. The van der Waals surface area contributed by atoms with Gasteiger partial charge in [0, 0.05) is 42.0 Å². The summed E-state index contributed by atoms with van der Waals surface area (Å²) in [4.78, 5) is 23.2. The number of halogens is 1. The van der Waals surface area contributed by atoms with Gasteiger partial charge >= 0.3 is 0 Å². The van der Waals surface area contributed by atoms with Gasteiger partial charge in [-0.05, 0) is 85.0 Å². The number of aromatic nitrogens is 2. The fraction of sp³-hybridized carbons (Fsp3) is 0.267. The van der Waals surface area contributed by atoms with E-state index < -0.39 is 0 Å². The lowest BCUT2D eigenvalue weighted by Gasteiger charge is -2.30. The normalized spacial score (nSPS) is 14.5. The lowest BCUT2D eigenvalue weighted by Crippen LogP contribution is -2.38. The van der Waals surface area contributed by atoms with E-state index in [0.717, 1.165) is 63.3 Å². The van der Waals surface area contributed by atoms with Crippen molar-refractivity contribution in [3.05, 3.63) is 84.0 Å². The van der Waals surface area contributed by atoms with Crippen molar-refractivity contribution >= 4 is 27.9 Å². The Hall–Kier alpha value is -4.13. The molecular formula is C30H28FN3O3. The van der Waals surface area contributed by atoms with Crippen LogP contribution in [0.2, 0.25) is 0 Å². The Labute approximate surface area is 214 Å². The Morgan fingerprint density at radius 3 is 2.65 bits per heavy atom. The number of carbonyl (C=O) groups is 1. The molecule has 0 bridgehead atoms. The molecule has 0 unspecified atom stereocenters. The maximum Gasteiger partial charge on any atom is 0.222 e. The molecule has 0 saturated carbocycles. The molecule has 188 valence electrons. The minimum atomic E-state index is -0.290. The van der Waals surface area contributed by atoms with Crippen molar-refractivity contribution in [1.29, 1.82) is 0 Å². The zero-order valence-electron chi connectivity index (χ0n) is 20.7. The number of likely N-dealkylation sites (tertiary alicyclic amines) is 1. The number of nitrogens with one attached hydrogen (secondary N) is 1. The van der Waals surface area contributed by atoms with E-state index in [1.54, 1.807) is 19.2 Å². The van der Waals surface area contributed by atoms with Crippen LogP contribution in [0.5, 0.6) is 5.75 Å². The second kappa shape index (κ2) is 9.73. The molecule has 5 aromatic rings. The zero-order valence-corrected chi connectivity index (χ0v) is 20.7. The molecule has 1 saturated heterocycles. The fourth-order valence-electron chi connectivity index (χ4n) is 5.31. The van der Waals surface area contributed by atoms with Gasteiger partial charge in [0.25, 0.3) is 0 Å². The monoisotopic (exact) mass is 497 g/mol. The number of piperidine rings is 1. The largest absolute Gasteiger partial charge is 0.497 e. The molecule has 6 nitrogen and oxygen atoms in total. The van der Waals surface area contributed by atoms with Gasteiger partial charge < -0.3 is 19.0 Å². The van der Waals surface area contributed by atoms with Gasteiger partial charge in [0.1, 0.15) is 17.1 Å². The highest BCUT2D eigenvalue weighted by molar-refractivity contribution is 5.91. The van der Waals surface area contributed by atoms with Crippen molar-refractivity contribution in [3.63, 3.8) is 0 Å². The number of aryl methyl sites for hydroxylation is 1. The first-order valence-corrected chi connectivity index (χ1v) is 12.7. The van der Waals surface area contributed by atoms with E-state index in [2.05, 4.69) is 9.97 Å². The van der Waals surface area contributed by atoms with E-state index in [1.165, 1.54) is 6.07 Å². The number of carbonyl (C=O) groups excluding carboxylic acids is 1. The second-order valence-corrected chi connectivity index (χ2v) is 9.57. The van der Waals surface area contributed by atoms with Crippen molar-refractivity contribution in [1.82, 2.24) is 14.9 Å². The Bertz CT molecular complexity index is 1530. The summed E-state index contributed by atoms with van der Waals surface area (Å²) in [7, 11) is 1.63. The summed E-state index contributed by atoms with van der Waals surface area (Å²) in [6.45, 7) is 1.35. The zero-order chi connectivity index (χ0) is 25.4. The minimum absolute atomic E-state index is 0.113. The van der Waals surface area contributed by atoms with Gasteiger partial charge in [-0.15, -0.1) is 0 Å². The standard InChI is InChI=1S/C30H28FN3O3/c1-36-22-9-6-19(7-10-22)29-23(24-18-21(31)8-12-25(24)32-29)11-13-28(35)34-16-14-20(15-17-34)30-33-26-4-2-3-5-27(26)37-30/h2-10,12,18,20,32H,11,13-17H2,1H3. The van der Waals surface area contributed by atoms with Gasteiger partial charge in [-0.2, -0.15) is 0 Å². The molecule has 1 aliphatic rings. The van der Waals surface area contributed by atoms with Crippen LogP contribution in [-0.4, -0.2) is 41.0 Å². The summed E-state index contributed by atoms with van der Waals surface area (Å²) in [6.07, 6.45) is 2.54. The summed E-state index contributed by atoms with van der Waals surface area (Å²) in [5, 5.41) is 0.813. The molecule has 1 fully saturated rings. The van der Waals surface area contributed by atoms with Crippen LogP contribution in [-0.2, 0) is 11.2 Å². The van der Waals surface area contributed by atoms with Gasteiger partial charge in [-0.25, -0.2) is 9.37 Å². The van der Waals surface area contributed by atoms with Gasteiger partial charge in [0.2, 0.25) is 5.91 Å². The lowest BCUT2D eigenvalue weighted by molar-refractivity contribution is -0.132. The molecule has 3 aromatic carbocycles. The van der Waals surface area contributed by atoms with Crippen LogP contribution < -0.4 is 4.74 Å². The molecular weight excluding hydrogens is 469 g/mol. The van der Waals surface area contributed by atoms with Crippen molar-refractivity contribution in [2.75, 3.05) is 20.2 Å². The van der Waals surface area contributed by atoms with Crippen molar-refractivity contribution in [2.45, 2.75) is 31.6 Å². The van der Waals surface area contributed by atoms with E-state index in [0.29, 0.717) is 25.9 Å². The maximum absolute atomic E-state index is 14.1. The Balaban J connectivity index is 1.16. The first-order chi connectivity index (χ1) is 18.1. The van der Waals surface area contributed by atoms with Crippen LogP contribution in [0, 0.1) is 5.82 Å². The summed E-state index contributed by atoms with van der Waals surface area (Å²) < 4.78 is 25.4. The predicted molar refractivity (Wildman–Crippen MR) is 141 cm³/mol. The molecule has 1 aliphatic heterocycles. The Kier molecular flexibility index (Phi) is 6.12. The molecule has 3 heterocycles. The molecule has 7 heteroatoms. The maximum atomic E-state index is 14.1. The number of methoxy groups -OCH3 is 1. The number of amides is 1. The van der Waals surface area contributed by atoms with Crippen molar-refractivity contribution in [2.24, 2.45) is 0 Å². The number of hydrogen-bond donors (Lipinski definition) is 1.